The van der Waals surface area contributed by atoms with Crippen LogP contribution in [0.2, 0.25) is 0 Å². The zero-order valence-corrected chi connectivity index (χ0v) is 15.5. The Morgan fingerprint density at radius 2 is 1.65 bits per heavy atom. The SMILES string of the molecule is O=C(Cc1ccc(-c2ccccc2)cc1)Nc1nc(-c2cccs2)cs1. The van der Waals surface area contributed by atoms with E-state index in [2.05, 4.69) is 34.6 Å². The molecule has 2 aromatic carbocycles. The molecule has 0 radical (unpaired) electrons. The number of thiophene rings is 1. The molecule has 0 saturated heterocycles. The number of aromatic nitrogens is 1. The van der Waals surface area contributed by atoms with Crippen molar-refractivity contribution in [2.75, 3.05) is 5.32 Å². The maximum absolute atomic E-state index is 12.3. The Morgan fingerprint density at radius 1 is 0.885 bits per heavy atom. The third-order valence-electron chi connectivity index (χ3n) is 3.95. The Balaban J connectivity index is 1.39. The van der Waals surface area contributed by atoms with Gasteiger partial charge in [0.15, 0.2) is 5.13 Å². The third kappa shape index (κ3) is 3.90. The van der Waals surface area contributed by atoms with Crippen molar-refractivity contribution in [2.24, 2.45) is 0 Å². The molecule has 0 bridgehead atoms. The van der Waals surface area contributed by atoms with Gasteiger partial charge in [0.2, 0.25) is 5.91 Å². The highest BCUT2D eigenvalue weighted by molar-refractivity contribution is 7.16. The molecule has 1 amide bonds. The van der Waals surface area contributed by atoms with Gasteiger partial charge < -0.3 is 5.32 Å². The highest BCUT2D eigenvalue weighted by Gasteiger charge is 2.09. The minimum atomic E-state index is -0.0514. The zero-order chi connectivity index (χ0) is 17.8. The summed E-state index contributed by atoms with van der Waals surface area (Å²) in [5.41, 5.74) is 4.22. The molecule has 0 atom stereocenters. The van der Waals surface area contributed by atoms with Crippen LogP contribution in [-0.2, 0) is 11.2 Å². The molecule has 2 aromatic heterocycles. The molecule has 0 aliphatic carbocycles. The molecule has 0 fully saturated rings. The minimum absolute atomic E-state index is 0.0514. The number of hydrogen-bond acceptors (Lipinski definition) is 4. The molecule has 0 aliphatic heterocycles. The van der Waals surface area contributed by atoms with E-state index in [1.165, 1.54) is 16.9 Å². The number of anilines is 1. The lowest BCUT2D eigenvalue weighted by Gasteiger charge is -2.05. The van der Waals surface area contributed by atoms with Crippen LogP contribution in [-0.4, -0.2) is 10.9 Å². The molecule has 5 heteroatoms. The van der Waals surface area contributed by atoms with Crippen LogP contribution >= 0.6 is 22.7 Å². The summed E-state index contributed by atoms with van der Waals surface area (Å²) in [6, 6.07) is 22.3. The second-order valence-corrected chi connectivity index (χ2v) is 7.61. The first-order valence-electron chi connectivity index (χ1n) is 8.21. The van der Waals surface area contributed by atoms with E-state index in [1.807, 2.05) is 53.2 Å². The molecule has 128 valence electrons. The van der Waals surface area contributed by atoms with Crippen molar-refractivity contribution >= 4 is 33.7 Å². The van der Waals surface area contributed by atoms with Crippen molar-refractivity contribution in [2.45, 2.75) is 6.42 Å². The summed E-state index contributed by atoms with van der Waals surface area (Å²) >= 11 is 3.09. The predicted octanol–water partition coefficient (Wildman–Crippen LogP) is 5.72. The summed E-state index contributed by atoms with van der Waals surface area (Å²) in [7, 11) is 0. The Labute approximate surface area is 160 Å². The van der Waals surface area contributed by atoms with Gasteiger partial charge in [-0.15, -0.1) is 22.7 Å². The quantitative estimate of drug-likeness (QED) is 0.484. The molecule has 0 aliphatic rings. The van der Waals surface area contributed by atoms with Crippen molar-refractivity contribution in [3.05, 3.63) is 83.1 Å². The first-order chi connectivity index (χ1) is 12.8. The third-order valence-corrected chi connectivity index (χ3v) is 5.60. The summed E-state index contributed by atoms with van der Waals surface area (Å²) in [5.74, 6) is -0.0514. The van der Waals surface area contributed by atoms with E-state index in [0.717, 1.165) is 21.7 Å². The number of hydrogen-bond donors (Lipinski definition) is 1. The monoisotopic (exact) mass is 376 g/mol. The molecule has 26 heavy (non-hydrogen) atoms. The second-order valence-electron chi connectivity index (χ2n) is 5.80. The maximum Gasteiger partial charge on any atom is 0.230 e. The maximum atomic E-state index is 12.3. The lowest BCUT2D eigenvalue weighted by atomic mass is 10.0. The average Bonchev–Trinajstić information content (AvgIpc) is 3.35. The van der Waals surface area contributed by atoms with Crippen LogP contribution in [0, 0.1) is 0 Å². The number of amides is 1. The molecular weight excluding hydrogens is 360 g/mol. The molecule has 3 nitrogen and oxygen atoms in total. The predicted molar refractivity (Wildman–Crippen MR) is 110 cm³/mol. The van der Waals surface area contributed by atoms with Crippen molar-refractivity contribution in [1.82, 2.24) is 4.98 Å². The standard InChI is InChI=1S/C21H16N2OS2/c24-20(23-21-22-18(14-26-21)19-7-4-12-25-19)13-15-8-10-17(11-9-15)16-5-2-1-3-6-16/h1-12,14H,13H2,(H,22,23,24). The Hall–Kier alpha value is -2.76. The molecule has 2 heterocycles. The van der Waals surface area contributed by atoms with E-state index in [-0.39, 0.29) is 5.91 Å². The van der Waals surface area contributed by atoms with E-state index < -0.39 is 0 Å². The van der Waals surface area contributed by atoms with Crippen LogP contribution < -0.4 is 5.32 Å². The normalized spacial score (nSPS) is 10.6. The van der Waals surface area contributed by atoms with Gasteiger partial charge in [0.25, 0.3) is 0 Å². The number of nitrogens with one attached hydrogen (secondary N) is 1. The lowest BCUT2D eigenvalue weighted by Crippen LogP contribution is -2.14. The van der Waals surface area contributed by atoms with Gasteiger partial charge in [0, 0.05) is 5.38 Å². The zero-order valence-electron chi connectivity index (χ0n) is 13.9. The van der Waals surface area contributed by atoms with Gasteiger partial charge in [-0.05, 0) is 28.1 Å². The van der Waals surface area contributed by atoms with Crippen LogP contribution in [0.5, 0.6) is 0 Å². The number of nitrogens with zero attached hydrogens (tertiary/aromatic N) is 1. The van der Waals surface area contributed by atoms with Gasteiger partial charge in [0.05, 0.1) is 17.0 Å². The van der Waals surface area contributed by atoms with E-state index in [1.54, 1.807) is 11.3 Å². The fraction of sp³-hybridized carbons (Fsp3) is 0.0476. The lowest BCUT2D eigenvalue weighted by molar-refractivity contribution is -0.115. The van der Waals surface area contributed by atoms with Crippen LogP contribution in [0.3, 0.4) is 0 Å². The highest BCUT2D eigenvalue weighted by atomic mass is 32.1. The smallest absolute Gasteiger partial charge is 0.230 e. The molecule has 4 rings (SSSR count). The van der Waals surface area contributed by atoms with Gasteiger partial charge in [-0.1, -0.05) is 60.7 Å². The molecule has 0 saturated carbocycles. The largest absolute Gasteiger partial charge is 0.302 e. The van der Waals surface area contributed by atoms with E-state index in [9.17, 15) is 4.79 Å². The highest BCUT2D eigenvalue weighted by Crippen LogP contribution is 2.28. The number of benzene rings is 2. The summed E-state index contributed by atoms with van der Waals surface area (Å²) in [6.45, 7) is 0. The van der Waals surface area contributed by atoms with Gasteiger partial charge in [-0.2, -0.15) is 0 Å². The van der Waals surface area contributed by atoms with Crippen molar-refractivity contribution in [1.29, 1.82) is 0 Å². The minimum Gasteiger partial charge on any atom is -0.302 e. The van der Waals surface area contributed by atoms with Crippen molar-refractivity contribution in [3.8, 4) is 21.7 Å². The van der Waals surface area contributed by atoms with Crippen molar-refractivity contribution in [3.63, 3.8) is 0 Å². The van der Waals surface area contributed by atoms with Gasteiger partial charge in [-0.25, -0.2) is 4.98 Å². The van der Waals surface area contributed by atoms with E-state index in [0.29, 0.717) is 11.6 Å². The second kappa shape index (κ2) is 7.64. The average molecular weight is 377 g/mol. The topological polar surface area (TPSA) is 42.0 Å². The summed E-state index contributed by atoms with van der Waals surface area (Å²) in [6.07, 6.45) is 0.336. The number of rotatable bonds is 5. The number of carbonyl (C=O) groups is 1. The fourth-order valence-electron chi connectivity index (χ4n) is 2.66. The molecule has 4 aromatic rings. The number of carbonyl (C=O) groups excluding carboxylic acids is 1. The van der Waals surface area contributed by atoms with Gasteiger partial charge in [0.1, 0.15) is 0 Å². The summed E-state index contributed by atoms with van der Waals surface area (Å²) in [5, 5.41) is 7.52. The molecule has 0 unspecified atom stereocenters. The molecule has 1 N–H and O–H groups in total. The van der Waals surface area contributed by atoms with Gasteiger partial charge in [-0.3, -0.25) is 4.79 Å². The first-order valence-corrected chi connectivity index (χ1v) is 9.97. The number of thiazole rings is 1. The first kappa shape index (κ1) is 16.7. The fourth-order valence-corrected chi connectivity index (χ4v) is 4.15. The Kier molecular flexibility index (Phi) is 4.91. The van der Waals surface area contributed by atoms with Crippen LogP contribution in [0.4, 0.5) is 5.13 Å². The molecule has 0 spiro atoms. The Bertz CT molecular complexity index is 990. The van der Waals surface area contributed by atoms with Crippen LogP contribution in [0.25, 0.3) is 21.7 Å². The van der Waals surface area contributed by atoms with Crippen LogP contribution in [0.1, 0.15) is 5.56 Å². The van der Waals surface area contributed by atoms with Gasteiger partial charge >= 0.3 is 0 Å². The summed E-state index contributed by atoms with van der Waals surface area (Å²) in [4.78, 5) is 17.9. The molecular formula is C21H16N2OS2. The van der Waals surface area contributed by atoms with Crippen LogP contribution in [0.15, 0.2) is 77.5 Å². The van der Waals surface area contributed by atoms with E-state index >= 15 is 0 Å². The Morgan fingerprint density at radius 3 is 2.38 bits per heavy atom. The van der Waals surface area contributed by atoms with E-state index in [4.69, 9.17) is 0 Å². The summed E-state index contributed by atoms with van der Waals surface area (Å²) < 4.78 is 0. The van der Waals surface area contributed by atoms with Crippen molar-refractivity contribution < 1.29 is 4.79 Å².